The highest BCUT2D eigenvalue weighted by Crippen LogP contribution is 2.10. The molecular weight excluding hydrogens is 282 g/mol. The SMILES string of the molecule is CCCN(CCC)Cc1cccc(C(=O)OCOC(C)=O)c1. The topological polar surface area (TPSA) is 55.8 Å². The molecule has 5 nitrogen and oxygen atoms in total. The summed E-state index contributed by atoms with van der Waals surface area (Å²) < 4.78 is 9.50. The van der Waals surface area contributed by atoms with Gasteiger partial charge in [0.25, 0.3) is 0 Å². The Balaban J connectivity index is 2.63. The van der Waals surface area contributed by atoms with Crippen molar-refractivity contribution in [2.45, 2.75) is 40.2 Å². The highest BCUT2D eigenvalue weighted by atomic mass is 16.7. The van der Waals surface area contributed by atoms with E-state index in [2.05, 4.69) is 23.5 Å². The molecule has 0 amide bonds. The lowest BCUT2D eigenvalue weighted by Crippen LogP contribution is -2.25. The van der Waals surface area contributed by atoms with Gasteiger partial charge in [0, 0.05) is 13.5 Å². The van der Waals surface area contributed by atoms with Gasteiger partial charge < -0.3 is 9.47 Å². The summed E-state index contributed by atoms with van der Waals surface area (Å²) in [7, 11) is 0. The van der Waals surface area contributed by atoms with Gasteiger partial charge >= 0.3 is 11.9 Å². The molecule has 22 heavy (non-hydrogen) atoms. The van der Waals surface area contributed by atoms with Crippen LogP contribution in [0.5, 0.6) is 0 Å². The second-order valence-electron chi connectivity index (χ2n) is 5.16. The van der Waals surface area contributed by atoms with Gasteiger partial charge in [-0.25, -0.2) is 4.79 Å². The van der Waals surface area contributed by atoms with Crippen LogP contribution in [-0.4, -0.2) is 36.7 Å². The fraction of sp³-hybridized carbons (Fsp3) is 0.529. The molecule has 0 atom stereocenters. The van der Waals surface area contributed by atoms with Crippen LogP contribution >= 0.6 is 0 Å². The van der Waals surface area contributed by atoms with Crippen LogP contribution in [0.1, 0.15) is 49.5 Å². The van der Waals surface area contributed by atoms with Crippen molar-refractivity contribution in [3.8, 4) is 0 Å². The average molecular weight is 307 g/mol. The first-order chi connectivity index (χ1) is 10.6. The fourth-order valence-corrected chi connectivity index (χ4v) is 2.21. The number of nitrogens with zero attached hydrogens (tertiary/aromatic N) is 1. The third-order valence-corrected chi connectivity index (χ3v) is 3.10. The van der Waals surface area contributed by atoms with Crippen LogP contribution in [0.4, 0.5) is 0 Å². The molecule has 122 valence electrons. The predicted molar refractivity (Wildman–Crippen MR) is 84.3 cm³/mol. The highest BCUT2D eigenvalue weighted by Gasteiger charge is 2.10. The maximum atomic E-state index is 11.9. The van der Waals surface area contributed by atoms with Gasteiger partial charge in [-0.2, -0.15) is 0 Å². The van der Waals surface area contributed by atoms with Crippen LogP contribution < -0.4 is 0 Å². The minimum absolute atomic E-state index is 0.351. The van der Waals surface area contributed by atoms with Gasteiger partial charge in [-0.3, -0.25) is 9.69 Å². The Hall–Kier alpha value is -1.88. The summed E-state index contributed by atoms with van der Waals surface area (Å²) in [6.45, 7) is 8.12. The molecule has 1 rings (SSSR count). The van der Waals surface area contributed by atoms with Gasteiger partial charge in [0.2, 0.25) is 6.79 Å². The summed E-state index contributed by atoms with van der Waals surface area (Å²) in [4.78, 5) is 24.9. The zero-order chi connectivity index (χ0) is 16.4. The number of rotatable bonds is 9. The molecule has 0 aromatic heterocycles. The number of ether oxygens (including phenoxy) is 2. The summed E-state index contributed by atoms with van der Waals surface area (Å²) in [5.74, 6) is -0.961. The van der Waals surface area contributed by atoms with Gasteiger partial charge in [-0.15, -0.1) is 0 Å². The van der Waals surface area contributed by atoms with E-state index in [9.17, 15) is 9.59 Å². The minimum atomic E-state index is -0.486. The lowest BCUT2D eigenvalue weighted by molar-refractivity contribution is -0.149. The number of carbonyl (C=O) groups is 2. The van der Waals surface area contributed by atoms with E-state index in [-0.39, 0.29) is 6.79 Å². The van der Waals surface area contributed by atoms with Crippen LogP contribution in [0.3, 0.4) is 0 Å². The Morgan fingerprint density at radius 3 is 2.36 bits per heavy atom. The molecule has 0 spiro atoms. The average Bonchev–Trinajstić information content (AvgIpc) is 2.47. The maximum absolute atomic E-state index is 11.9. The van der Waals surface area contributed by atoms with Crippen LogP contribution in [0.2, 0.25) is 0 Å². The fourth-order valence-electron chi connectivity index (χ4n) is 2.21. The normalized spacial score (nSPS) is 10.5. The van der Waals surface area contributed by atoms with Gasteiger partial charge in [-0.05, 0) is 43.6 Å². The monoisotopic (exact) mass is 307 g/mol. The number of benzene rings is 1. The van der Waals surface area contributed by atoms with Crippen molar-refractivity contribution in [3.05, 3.63) is 35.4 Å². The molecular formula is C17H25NO4. The Labute approximate surface area is 132 Å². The molecule has 0 saturated heterocycles. The van der Waals surface area contributed by atoms with Crippen molar-refractivity contribution >= 4 is 11.9 Å². The van der Waals surface area contributed by atoms with Gasteiger partial charge in [-0.1, -0.05) is 26.0 Å². The summed E-state index contributed by atoms with van der Waals surface area (Å²) in [5, 5.41) is 0. The van der Waals surface area contributed by atoms with Crippen molar-refractivity contribution < 1.29 is 19.1 Å². The molecule has 0 N–H and O–H groups in total. The van der Waals surface area contributed by atoms with Crippen molar-refractivity contribution in [2.24, 2.45) is 0 Å². The van der Waals surface area contributed by atoms with E-state index in [1.807, 2.05) is 18.2 Å². The minimum Gasteiger partial charge on any atom is -0.428 e. The van der Waals surface area contributed by atoms with E-state index in [0.29, 0.717) is 5.56 Å². The second kappa shape index (κ2) is 9.95. The molecule has 0 bridgehead atoms. The zero-order valence-electron chi connectivity index (χ0n) is 13.6. The Morgan fingerprint density at radius 1 is 1.09 bits per heavy atom. The summed E-state index contributed by atoms with van der Waals surface area (Å²) in [5.41, 5.74) is 1.54. The molecule has 5 heteroatoms. The first-order valence-electron chi connectivity index (χ1n) is 7.68. The lowest BCUT2D eigenvalue weighted by atomic mass is 10.1. The van der Waals surface area contributed by atoms with Crippen molar-refractivity contribution in [3.63, 3.8) is 0 Å². The second-order valence-corrected chi connectivity index (χ2v) is 5.16. The van der Waals surface area contributed by atoms with Crippen LogP contribution in [-0.2, 0) is 20.8 Å². The summed E-state index contributed by atoms with van der Waals surface area (Å²) >= 11 is 0. The number of carbonyl (C=O) groups excluding carboxylic acids is 2. The molecule has 0 fully saturated rings. The third kappa shape index (κ3) is 6.72. The molecule has 0 aliphatic heterocycles. The quantitative estimate of drug-likeness (QED) is 0.518. The van der Waals surface area contributed by atoms with E-state index in [0.717, 1.165) is 38.0 Å². The number of hydrogen-bond donors (Lipinski definition) is 0. The van der Waals surface area contributed by atoms with E-state index < -0.39 is 11.9 Å². The van der Waals surface area contributed by atoms with Crippen molar-refractivity contribution in [1.82, 2.24) is 4.90 Å². The first kappa shape index (κ1) is 18.2. The van der Waals surface area contributed by atoms with E-state index in [1.165, 1.54) is 6.92 Å². The van der Waals surface area contributed by atoms with Crippen LogP contribution in [0, 0.1) is 0 Å². The Kier molecular flexibility index (Phi) is 8.22. The molecule has 0 aliphatic rings. The summed E-state index contributed by atoms with van der Waals surface area (Å²) in [6, 6.07) is 7.37. The highest BCUT2D eigenvalue weighted by molar-refractivity contribution is 5.89. The molecule has 0 heterocycles. The van der Waals surface area contributed by atoms with Gasteiger partial charge in [0.15, 0.2) is 0 Å². The summed E-state index contributed by atoms with van der Waals surface area (Å²) in [6.07, 6.45) is 2.20. The first-order valence-corrected chi connectivity index (χ1v) is 7.68. The van der Waals surface area contributed by atoms with Crippen LogP contribution in [0.25, 0.3) is 0 Å². The van der Waals surface area contributed by atoms with Gasteiger partial charge in [0.05, 0.1) is 5.56 Å². The molecule has 0 radical (unpaired) electrons. The van der Waals surface area contributed by atoms with Gasteiger partial charge in [0.1, 0.15) is 0 Å². The van der Waals surface area contributed by atoms with Crippen LogP contribution in [0.15, 0.2) is 24.3 Å². The standard InChI is InChI=1S/C17H25NO4/c1-4-9-18(10-5-2)12-15-7-6-8-16(11-15)17(20)22-13-21-14(3)19/h6-8,11H,4-5,9-10,12-13H2,1-3H3. The Morgan fingerprint density at radius 2 is 1.77 bits per heavy atom. The van der Waals surface area contributed by atoms with E-state index >= 15 is 0 Å². The zero-order valence-corrected chi connectivity index (χ0v) is 13.6. The molecule has 0 aliphatic carbocycles. The van der Waals surface area contributed by atoms with E-state index in [4.69, 9.17) is 4.74 Å². The number of esters is 2. The molecule has 1 aromatic carbocycles. The van der Waals surface area contributed by atoms with Crippen molar-refractivity contribution in [1.29, 1.82) is 0 Å². The smallest absolute Gasteiger partial charge is 0.341 e. The van der Waals surface area contributed by atoms with E-state index in [1.54, 1.807) is 6.07 Å². The largest absolute Gasteiger partial charge is 0.428 e. The maximum Gasteiger partial charge on any atom is 0.341 e. The molecule has 0 saturated carbocycles. The Bertz CT molecular complexity index is 481. The molecule has 0 unspecified atom stereocenters. The number of hydrogen-bond acceptors (Lipinski definition) is 5. The predicted octanol–water partition coefficient (Wildman–Crippen LogP) is 2.99. The molecule has 1 aromatic rings. The third-order valence-electron chi connectivity index (χ3n) is 3.10. The lowest BCUT2D eigenvalue weighted by Gasteiger charge is -2.21. The van der Waals surface area contributed by atoms with Crippen molar-refractivity contribution in [2.75, 3.05) is 19.9 Å².